The van der Waals surface area contributed by atoms with E-state index in [1.54, 1.807) is 12.1 Å². The number of aromatic nitrogens is 2. The van der Waals surface area contributed by atoms with Crippen LogP contribution in [0, 0.1) is 0 Å². The number of carbonyl (C=O) groups excluding carboxylic acids is 1. The largest absolute Gasteiger partial charge is 0.497 e. The van der Waals surface area contributed by atoms with Gasteiger partial charge in [-0.25, -0.2) is 13.9 Å². The molecule has 1 aliphatic rings. The van der Waals surface area contributed by atoms with Gasteiger partial charge in [0.05, 0.1) is 36.5 Å². The molecular formula is C22H22N4O5S. The lowest BCUT2D eigenvalue weighted by Crippen LogP contribution is -2.52. The van der Waals surface area contributed by atoms with Gasteiger partial charge in [0, 0.05) is 18.8 Å². The SMILES string of the molecule is COc1ccc(S(=O)(=O)N2Cc3nccnc3CC2C(=O)NOCc2ccccc2)cc1. The molecule has 0 saturated carbocycles. The van der Waals surface area contributed by atoms with Crippen molar-refractivity contribution in [3.05, 3.63) is 83.9 Å². The number of methoxy groups -OCH3 is 1. The van der Waals surface area contributed by atoms with Gasteiger partial charge < -0.3 is 4.74 Å². The van der Waals surface area contributed by atoms with Crippen molar-refractivity contribution in [1.82, 2.24) is 19.8 Å². The van der Waals surface area contributed by atoms with E-state index in [9.17, 15) is 13.2 Å². The molecule has 1 aromatic heterocycles. The van der Waals surface area contributed by atoms with E-state index in [-0.39, 0.29) is 24.5 Å². The number of nitrogens with zero attached hydrogens (tertiary/aromatic N) is 3. The Morgan fingerprint density at radius 3 is 2.44 bits per heavy atom. The molecule has 0 fully saturated rings. The Morgan fingerprint density at radius 2 is 1.75 bits per heavy atom. The number of hydrogen-bond acceptors (Lipinski definition) is 7. The van der Waals surface area contributed by atoms with Crippen molar-refractivity contribution in [2.45, 2.75) is 30.5 Å². The second kappa shape index (κ2) is 9.43. The predicted molar refractivity (Wildman–Crippen MR) is 115 cm³/mol. The van der Waals surface area contributed by atoms with Crippen LogP contribution in [0.5, 0.6) is 5.75 Å². The Balaban J connectivity index is 1.58. The van der Waals surface area contributed by atoms with Crippen LogP contribution in [0.25, 0.3) is 0 Å². The third-order valence-electron chi connectivity index (χ3n) is 5.12. The highest BCUT2D eigenvalue weighted by Crippen LogP contribution is 2.28. The lowest BCUT2D eigenvalue weighted by atomic mass is 10.0. The highest BCUT2D eigenvalue weighted by atomic mass is 32.2. The highest BCUT2D eigenvalue weighted by Gasteiger charge is 2.41. The molecule has 10 heteroatoms. The lowest BCUT2D eigenvalue weighted by Gasteiger charge is -2.33. The molecule has 1 unspecified atom stereocenters. The number of amides is 1. The van der Waals surface area contributed by atoms with Crippen molar-refractivity contribution in [2.75, 3.05) is 7.11 Å². The molecule has 1 aliphatic heterocycles. The molecule has 3 aromatic rings. The van der Waals surface area contributed by atoms with Gasteiger partial charge in [0.15, 0.2) is 0 Å². The Bertz CT molecular complexity index is 1190. The Hall–Kier alpha value is -3.34. The first-order valence-corrected chi connectivity index (χ1v) is 11.3. The quantitative estimate of drug-likeness (QED) is 0.543. The van der Waals surface area contributed by atoms with E-state index in [0.717, 1.165) is 9.87 Å². The number of carbonyl (C=O) groups is 1. The molecule has 1 N–H and O–H groups in total. The summed E-state index contributed by atoms with van der Waals surface area (Å²) in [5.41, 5.74) is 4.35. The van der Waals surface area contributed by atoms with Crippen molar-refractivity contribution < 1.29 is 22.8 Å². The zero-order valence-corrected chi connectivity index (χ0v) is 18.2. The second-order valence-corrected chi connectivity index (χ2v) is 9.03. The zero-order chi connectivity index (χ0) is 22.6. The summed E-state index contributed by atoms with van der Waals surface area (Å²) in [4.78, 5) is 26.9. The van der Waals surface area contributed by atoms with E-state index in [0.29, 0.717) is 17.1 Å². The molecule has 4 rings (SSSR count). The van der Waals surface area contributed by atoms with Crippen molar-refractivity contribution in [3.8, 4) is 5.75 Å². The minimum Gasteiger partial charge on any atom is -0.497 e. The van der Waals surface area contributed by atoms with Crippen molar-refractivity contribution in [1.29, 1.82) is 0 Å². The van der Waals surface area contributed by atoms with Gasteiger partial charge in [0.2, 0.25) is 10.0 Å². The van der Waals surface area contributed by atoms with Crippen LogP contribution in [0.3, 0.4) is 0 Å². The van der Waals surface area contributed by atoms with Crippen molar-refractivity contribution >= 4 is 15.9 Å². The number of ether oxygens (including phenoxy) is 1. The van der Waals surface area contributed by atoms with Crippen LogP contribution in [0.15, 0.2) is 71.9 Å². The zero-order valence-electron chi connectivity index (χ0n) is 17.3. The molecule has 9 nitrogen and oxygen atoms in total. The molecule has 0 bridgehead atoms. The van der Waals surface area contributed by atoms with Gasteiger partial charge in [-0.15, -0.1) is 0 Å². The highest BCUT2D eigenvalue weighted by molar-refractivity contribution is 7.89. The second-order valence-electron chi connectivity index (χ2n) is 7.14. The fraction of sp³-hybridized carbons (Fsp3) is 0.227. The Labute approximate surface area is 186 Å². The average molecular weight is 455 g/mol. The third kappa shape index (κ3) is 4.62. The molecule has 0 saturated heterocycles. The Kier molecular flexibility index (Phi) is 6.45. The van der Waals surface area contributed by atoms with Crippen LogP contribution in [-0.4, -0.2) is 41.7 Å². The summed E-state index contributed by atoms with van der Waals surface area (Å²) in [5, 5.41) is 0. The maximum Gasteiger partial charge on any atom is 0.262 e. The van der Waals surface area contributed by atoms with E-state index < -0.39 is 22.0 Å². The van der Waals surface area contributed by atoms with Gasteiger partial charge in [-0.1, -0.05) is 30.3 Å². The molecular weight excluding hydrogens is 432 g/mol. The summed E-state index contributed by atoms with van der Waals surface area (Å²) in [7, 11) is -2.51. The van der Waals surface area contributed by atoms with Gasteiger partial charge >= 0.3 is 0 Å². The van der Waals surface area contributed by atoms with Gasteiger partial charge in [0.1, 0.15) is 11.8 Å². The monoisotopic (exact) mass is 454 g/mol. The smallest absolute Gasteiger partial charge is 0.262 e. The normalized spacial score (nSPS) is 16.2. The first-order valence-electron chi connectivity index (χ1n) is 9.89. The third-order valence-corrected chi connectivity index (χ3v) is 6.99. The van der Waals surface area contributed by atoms with E-state index in [4.69, 9.17) is 9.57 Å². The topological polar surface area (TPSA) is 111 Å². The van der Waals surface area contributed by atoms with Crippen molar-refractivity contribution in [3.63, 3.8) is 0 Å². The average Bonchev–Trinajstić information content (AvgIpc) is 2.83. The van der Waals surface area contributed by atoms with Gasteiger partial charge in [0.25, 0.3) is 5.91 Å². The maximum atomic E-state index is 13.4. The summed E-state index contributed by atoms with van der Waals surface area (Å²) in [6, 6.07) is 14.3. The van der Waals surface area contributed by atoms with Crippen LogP contribution in [0.4, 0.5) is 0 Å². The Morgan fingerprint density at radius 1 is 1.06 bits per heavy atom. The summed E-state index contributed by atoms with van der Waals surface area (Å²) in [6.07, 6.45) is 3.10. The summed E-state index contributed by atoms with van der Waals surface area (Å²) in [6.45, 7) is 0.0786. The van der Waals surface area contributed by atoms with Crippen molar-refractivity contribution in [2.24, 2.45) is 0 Å². The lowest BCUT2D eigenvalue weighted by molar-refractivity contribution is -0.139. The number of benzene rings is 2. The van der Waals surface area contributed by atoms with Gasteiger partial charge in [-0.3, -0.25) is 19.6 Å². The van der Waals surface area contributed by atoms with Crippen LogP contribution in [0.1, 0.15) is 17.0 Å². The summed E-state index contributed by atoms with van der Waals surface area (Å²) in [5.74, 6) is -0.0447. The van der Waals surface area contributed by atoms with E-state index in [1.165, 1.54) is 31.6 Å². The fourth-order valence-corrected chi connectivity index (χ4v) is 4.98. The van der Waals surface area contributed by atoms with Gasteiger partial charge in [-0.05, 0) is 29.8 Å². The van der Waals surface area contributed by atoms with E-state index >= 15 is 0 Å². The number of nitrogens with one attached hydrogen (secondary N) is 1. The molecule has 32 heavy (non-hydrogen) atoms. The van der Waals surface area contributed by atoms with E-state index in [1.807, 2.05) is 30.3 Å². The van der Waals surface area contributed by atoms with E-state index in [2.05, 4.69) is 15.4 Å². The summed E-state index contributed by atoms with van der Waals surface area (Å²) < 4.78 is 33.1. The van der Waals surface area contributed by atoms with Gasteiger partial charge in [-0.2, -0.15) is 4.31 Å². The molecule has 0 aliphatic carbocycles. The number of fused-ring (bicyclic) bond motifs is 1. The molecule has 0 spiro atoms. The molecule has 2 aromatic carbocycles. The van der Waals surface area contributed by atoms with Crippen LogP contribution in [0.2, 0.25) is 0 Å². The fourth-order valence-electron chi connectivity index (χ4n) is 3.43. The number of sulfonamides is 1. The molecule has 2 heterocycles. The number of hydrogen-bond donors (Lipinski definition) is 1. The maximum absolute atomic E-state index is 13.4. The van der Waals surface area contributed by atoms with Crippen LogP contribution >= 0.6 is 0 Å². The number of rotatable bonds is 7. The predicted octanol–water partition coefficient (Wildman–Crippen LogP) is 1.85. The summed E-state index contributed by atoms with van der Waals surface area (Å²) >= 11 is 0. The first kappa shape index (κ1) is 21.9. The first-order chi connectivity index (χ1) is 15.5. The van der Waals surface area contributed by atoms with Crippen LogP contribution < -0.4 is 10.2 Å². The number of hydroxylamine groups is 1. The van der Waals surface area contributed by atoms with Crippen LogP contribution in [-0.2, 0) is 39.2 Å². The standard InChI is InChI=1S/C22H22N4O5S/c1-30-17-7-9-18(10-8-17)32(28,29)26-14-20-19(23-11-12-24-20)13-21(26)22(27)25-31-15-16-5-3-2-4-6-16/h2-12,21H,13-15H2,1H3,(H,25,27). The molecule has 1 atom stereocenters. The molecule has 1 amide bonds. The molecule has 0 radical (unpaired) electrons. The minimum absolute atomic E-state index is 0.0497. The molecule has 166 valence electrons. The minimum atomic E-state index is -4.01.